The maximum atomic E-state index is 5.94. The zero-order chi connectivity index (χ0) is 14.1. The lowest BCUT2D eigenvalue weighted by atomic mass is 10.2. The monoisotopic (exact) mass is 286 g/mol. The molecule has 0 saturated heterocycles. The van der Waals surface area contributed by atoms with E-state index in [-0.39, 0.29) is 0 Å². The van der Waals surface area contributed by atoms with Crippen LogP contribution in [0.5, 0.6) is 5.75 Å². The second kappa shape index (κ2) is 5.17. The Morgan fingerprint density at radius 3 is 2.65 bits per heavy atom. The summed E-state index contributed by atoms with van der Waals surface area (Å²) in [7, 11) is 1.94. The molecule has 3 nitrogen and oxygen atoms in total. The molecule has 0 aliphatic heterocycles. The highest BCUT2D eigenvalue weighted by atomic mass is 35.5. The first-order chi connectivity index (χ1) is 9.65. The van der Waals surface area contributed by atoms with E-state index in [0.29, 0.717) is 6.61 Å². The molecule has 0 amide bonds. The van der Waals surface area contributed by atoms with Gasteiger partial charge in [0.15, 0.2) is 0 Å². The van der Waals surface area contributed by atoms with Crippen molar-refractivity contribution >= 4 is 22.5 Å². The van der Waals surface area contributed by atoms with Gasteiger partial charge in [-0.05, 0) is 36.8 Å². The van der Waals surface area contributed by atoms with Crippen molar-refractivity contribution in [2.45, 2.75) is 13.5 Å². The Hall–Kier alpha value is -2.00. The van der Waals surface area contributed by atoms with Crippen LogP contribution in [0.1, 0.15) is 11.3 Å². The Morgan fingerprint density at radius 1 is 1.15 bits per heavy atom. The molecule has 2 aromatic carbocycles. The number of nitrogens with zero attached hydrogens (tertiary/aromatic N) is 2. The van der Waals surface area contributed by atoms with Crippen LogP contribution in [0.2, 0.25) is 5.02 Å². The molecule has 0 N–H and O–H groups in total. The molecule has 0 saturated carbocycles. The van der Waals surface area contributed by atoms with E-state index >= 15 is 0 Å². The van der Waals surface area contributed by atoms with E-state index in [9.17, 15) is 0 Å². The van der Waals surface area contributed by atoms with Gasteiger partial charge in [-0.3, -0.25) is 4.68 Å². The number of halogens is 1. The third-order valence-electron chi connectivity index (χ3n) is 3.32. The summed E-state index contributed by atoms with van der Waals surface area (Å²) in [6.07, 6.45) is 0. The largest absolute Gasteiger partial charge is 0.488 e. The maximum absolute atomic E-state index is 5.94. The molecule has 0 fully saturated rings. The highest BCUT2D eigenvalue weighted by Crippen LogP contribution is 2.28. The molecule has 0 bridgehead atoms. The fourth-order valence-electron chi connectivity index (χ4n) is 2.34. The SMILES string of the molecule is Cc1nn(C)c2cccc(OCc3ccc(Cl)cc3)c12. The van der Waals surface area contributed by atoms with Crippen LogP contribution in [-0.2, 0) is 13.7 Å². The molecule has 1 heterocycles. The predicted molar refractivity (Wildman–Crippen MR) is 81.2 cm³/mol. The second-order valence-electron chi connectivity index (χ2n) is 4.77. The third-order valence-corrected chi connectivity index (χ3v) is 3.57. The van der Waals surface area contributed by atoms with E-state index in [2.05, 4.69) is 5.10 Å². The summed E-state index contributed by atoms with van der Waals surface area (Å²) in [6.45, 7) is 2.52. The van der Waals surface area contributed by atoms with Crippen LogP contribution in [0.25, 0.3) is 10.9 Å². The van der Waals surface area contributed by atoms with Crippen molar-refractivity contribution in [3.05, 3.63) is 58.7 Å². The van der Waals surface area contributed by atoms with E-state index < -0.39 is 0 Å². The van der Waals surface area contributed by atoms with Gasteiger partial charge in [0, 0.05) is 12.1 Å². The molecule has 102 valence electrons. The first-order valence-electron chi connectivity index (χ1n) is 6.45. The number of fused-ring (bicyclic) bond motifs is 1. The summed E-state index contributed by atoms with van der Waals surface area (Å²) >= 11 is 5.88. The fraction of sp³-hybridized carbons (Fsp3) is 0.188. The normalized spacial score (nSPS) is 10.9. The summed E-state index contributed by atoms with van der Waals surface area (Å²) in [6, 6.07) is 13.7. The van der Waals surface area contributed by atoms with Crippen LogP contribution in [-0.4, -0.2) is 9.78 Å². The molecule has 0 aliphatic carbocycles. The lowest BCUT2D eigenvalue weighted by Crippen LogP contribution is -1.96. The molecule has 20 heavy (non-hydrogen) atoms. The molecule has 4 heteroatoms. The quantitative estimate of drug-likeness (QED) is 0.724. The lowest BCUT2D eigenvalue weighted by Gasteiger charge is -2.08. The highest BCUT2D eigenvalue weighted by molar-refractivity contribution is 6.30. The average Bonchev–Trinajstić information content (AvgIpc) is 2.74. The van der Waals surface area contributed by atoms with Gasteiger partial charge in [0.25, 0.3) is 0 Å². The summed E-state index contributed by atoms with van der Waals surface area (Å²) in [4.78, 5) is 0. The van der Waals surface area contributed by atoms with Crippen molar-refractivity contribution < 1.29 is 4.74 Å². The van der Waals surface area contributed by atoms with Gasteiger partial charge in [0.2, 0.25) is 0 Å². The van der Waals surface area contributed by atoms with Gasteiger partial charge in [-0.2, -0.15) is 5.10 Å². The number of ether oxygens (including phenoxy) is 1. The molecule has 0 unspecified atom stereocenters. The minimum Gasteiger partial charge on any atom is -0.488 e. The average molecular weight is 287 g/mol. The molecule has 0 aliphatic rings. The van der Waals surface area contributed by atoms with Crippen LogP contribution >= 0.6 is 11.6 Å². The van der Waals surface area contributed by atoms with Gasteiger partial charge in [0.05, 0.1) is 16.6 Å². The van der Waals surface area contributed by atoms with E-state index in [0.717, 1.165) is 32.9 Å². The molecular weight excluding hydrogens is 272 g/mol. The van der Waals surface area contributed by atoms with E-state index in [1.54, 1.807) is 0 Å². The van der Waals surface area contributed by atoms with Gasteiger partial charge >= 0.3 is 0 Å². The Kier molecular flexibility index (Phi) is 3.36. The number of aryl methyl sites for hydroxylation is 2. The standard InChI is InChI=1S/C16H15ClN2O/c1-11-16-14(19(2)18-11)4-3-5-15(16)20-10-12-6-8-13(17)9-7-12/h3-9H,10H2,1-2H3. The van der Waals surface area contributed by atoms with E-state index in [4.69, 9.17) is 16.3 Å². The Balaban J connectivity index is 1.89. The second-order valence-corrected chi connectivity index (χ2v) is 5.21. The lowest BCUT2D eigenvalue weighted by molar-refractivity contribution is 0.310. The molecule has 3 aromatic rings. The number of aromatic nitrogens is 2. The van der Waals surface area contributed by atoms with E-state index in [1.807, 2.05) is 61.1 Å². The Bertz CT molecular complexity index is 747. The number of hydrogen-bond donors (Lipinski definition) is 0. The molecule has 0 atom stereocenters. The maximum Gasteiger partial charge on any atom is 0.131 e. The Morgan fingerprint density at radius 2 is 1.90 bits per heavy atom. The van der Waals surface area contributed by atoms with Crippen molar-refractivity contribution in [1.82, 2.24) is 9.78 Å². The van der Waals surface area contributed by atoms with Crippen molar-refractivity contribution in [2.24, 2.45) is 7.05 Å². The number of rotatable bonds is 3. The number of hydrogen-bond acceptors (Lipinski definition) is 2. The molecule has 0 spiro atoms. The molecular formula is C16H15ClN2O. The van der Waals surface area contributed by atoms with Crippen LogP contribution < -0.4 is 4.74 Å². The van der Waals surface area contributed by atoms with Crippen LogP contribution in [0.4, 0.5) is 0 Å². The zero-order valence-electron chi connectivity index (χ0n) is 11.4. The first kappa shape index (κ1) is 13.0. The van der Waals surface area contributed by atoms with Crippen molar-refractivity contribution in [3.63, 3.8) is 0 Å². The molecule has 3 rings (SSSR count). The number of benzene rings is 2. The summed E-state index contributed by atoms with van der Waals surface area (Å²) in [5.74, 6) is 0.864. The predicted octanol–water partition coefficient (Wildman–Crippen LogP) is 4.11. The smallest absolute Gasteiger partial charge is 0.131 e. The van der Waals surface area contributed by atoms with Gasteiger partial charge in [-0.1, -0.05) is 29.8 Å². The van der Waals surface area contributed by atoms with Crippen LogP contribution in [0.3, 0.4) is 0 Å². The Labute approximate surface area is 122 Å². The van der Waals surface area contributed by atoms with Gasteiger partial charge < -0.3 is 4.74 Å². The minimum absolute atomic E-state index is 0.518. The van der Waals surface area contributed by atoms with Crippen LogP contribution in [0.15, 0.2) is 42.5 Å². The molecule has 1 aromatic heterocycles. The summed E-state index contributed by atoms with van der Waals surface area (Å²) < 4.78 is 7.82. The van der Waals surface area contributed by atoms with Crippen molar-refractivity contribution in [1.29, 1.82) is 0 Å². The topological polar surface area (TPSA) is 27.1 Å². The van der Waals surface area contributed by atoms with Crippen LogP contribution in [0, 0.1) is 6.92 Å². The van der Waals surface area contributed by atoms with Gasteiger partial charge in [-0.25, -0.2) is 0 Å². The van der Waals surface area contributed by atoms with Gasteiger partial charge in [-0.15, -0.1) is 0 Å². The molecule has 0 radical (unpaired) electrons. The minimum atomic E-state index is 0.518. The zero-order valence-corrected chi connectivity index (χ0v) is 12.2. The first-order valence-corrected chi connectivity index (χ1v) is 6.82. The summed E-state index contributed by atoms with van der Waals surface area (Å²) in [5.41, 5.74) is 3.15. The van der Waals surface area contributed by atoms with E-state index in [1.165, 1.54) is 0 Å². The highest BCUT2D eigenvalue weighted by Gasteiger charge is 2.10. The van der Waals surface area contributed by atoms with Crippen molar-refractivity contribution in [3.8, 4) is 5.75 Å². The third kappa shape index (κ3) is 2.37. The fourth-order valence-corrected chi connectivity index (χ4v) is 2.47. The van der Waals surface area contributed by atoms with Crippen molar-refractivity contribution in [2.75, 3.05) is 0 Å². The summed E-state index contributed by atoms with van der Waals surface area (Å²) in [5, 5.41) is 6.24. The van der Waals surface area contributed by atoms with Gasteiger partial charge in [0.1, 0.15) is 12.4 Å².